The van der Waals surface area contributed by atoms with Gasteiger partial charge in [0.2, 0.25) is 10.0 Å². The molecule has 1 heterocycles. The Morgan fingerprint density at radius 2 is 2.17 bits per heavy atom. The van der Waals surface area contributed by atoms with E-state index in [1.807, 2.05) is 0 Å². The summed E-state index contributed by atoms with van der Waals surface area (Å²) >= 11 is 0. The van der Waals surface area contributed by atoms with Gasteiger partial charge in [0, 0.05) is 26.2 Å². The first-order valence-electron chi connectivity index (χ1n) is 7.95. The minimum Gasteiger partial charge on any atom is -0.495 e. The van der Waals surface area contributed by atoms with E-state index in [9.17, 15) is 13.2 Å². The van der Waals surface area contributed by atoms with Gasteiger partial charge < -0.3 is 15.4 Å². The molecule has 0 bridgehead atoms. The number of sulfonamides is 1. The number of carbonyl (C=O) groups is 1. The predicted octanol–water partition coefficient (Wildman–Crippen LogP) is 0.675. The van der Waals surface area contributed by atoms with Gasteiger partial charge in [-0.3, -0.25) is 4.79 Å². The molecule has 8 heteroatoms. The van der Waals surface area contributed by atoms with Crippen LogP contribution in [-0.4, -0.2) is 59.5 Å². The van der Waals surface area contributed by atoms with E-state index in [1.54, 1.807) is 6.07 Å². The molecule has 1 amide bonds. The van der Waals surface area contributed by atoms with Gasteiger partial charge in [0.15, 0.2) is 0 Å². The Kier molecular flexibility index (Phi) is 6.20. The normalized spacial score (nSPS) is 17.9. The second-order valence-electron chi connectivity index (χ2n) is 6.06. The Morgan fingerprint density at radius 3 is 2.75 bits per heavy atom. The molecule has 0 aliphatic carbocycles. The predicted molar refractivity (Wildman–Crippen MR) is 91.8 cm³/mol. The third-order valence-corrected chi connectivity index (χ3v) is 6.02. The molecular weight excluding hydrogens is 330 g/mol. The molecule has 1 aliphatic heterocycles. The van der Waals surface area contributed by atoms with Crippen molar-refractivity contribution >= 4 is 15.9 Å². The van der Waals surface area contributed by atoms with Crippen LogP contribution in [0, 0.1) is 5.92 Å². The lowest BCUT2D eigenvalue weighted by molar-refractivity contribution is 0.0951. The van der Waals surface area contributed by atoms with E-state index < -0.39 is 10.0 Å². The van der Waals surface area contributed by atoms with Gasteiger partial charge in [-0.05, 0) is 50.0 Å². The number of amides is 1. The molecule has 1 aromatic rings. The Hall–Kier alpha value is -1.64. The number of hydrogen-bond acceptors (Lipinski definition) is 5. The monoisotopic (exact) mass is 355 g/mol. The van der Waals surface area contributed by atoms with Gasteiger partial charge >= 0.3 is 0 Å². The van der Waals surface area contributed by atoms with Crippen LogP contribution in [0.4, 0.5) is 0 Å². The number of nitrogens with zero attached hydrogens (tertiary/aromatic N) is 1. The highest BCUT2D eigenvalue weighted by atomic mass is 32.2. The second kappa shape index (κ2) is 7.96. The fourth-order valence-corrected chi connectivity index (χ4v) is 3.74. The van der Waals surface area contributed by atoms with E-state index in [4.69, 9.17) is 4.74 Å². The Bertz CT molecular complexity index is 683. The average molecular weight is 355 g/mol. The molecule has 0 radical (unpaired) electrons. The molecule has 7 nitrogen and oxygen atoms in total. The molecule has 0 spiro atoms. The maximum absolute atomic E-state index is 12.4. The molecule has 2 N–H and O–H groups in total. The number of methoxy groups -OCH3 is 1. The van der Waals surface area contributed by atoms with Crippen LogP contribution in [0.15, 0.2) is 23.1 Å². The van der Waals surface area contributed by atoms with Crippen molar-refractivity contribution in [1.82, 2.24) is 14.9 Å². The highest BCUT2D eigenvalue weighted by Gasteiger charge is 2.24. The summed E-state index contributed by atoms with van der Waals surface area (Å²) in [6.45, 7) is 2.60. The molecular formula is C16H25N3O4S. The summed E-state index contributed by atoms with van der Waals surface area (Å²) in [5.41, 5.74) is 0.306. The highest BCUT2D eigenvalue weighted by molar-refractivity contribution is 7.89. The topological polar surface area (TPSA) is 87.7 Å². The fourth-order valence-electron chi connectivity index (χ4n) is 2.67. The number of rotatable bonds is 7. The minimum absolute atomic E-state index is 0.0114. The number of nitrogens with one attached hydrogen (secondary N) is 2. The SMILES string of the molecule is COc1ccc(C(=O)NCCC2CCNC2)cc1S(=O)(=O)N(C)C. The molecule has 24 heavy (non-hydrogen) atoms. The summed E-state index contributed by atoms with van der Waals surface area (Å²) in [5, 5.41) is 6.15. The molecule has 0 aromatic heterocycles. The van der Waals surface area contributed by atoms with Crippen LogP contribution < -0.4 is 15.4 Å². The van der Waals surface area contributed by atoms with Gasteiger partial charge in [-0.1, -0.05) is 0 Å². The number of hydrogen-bond donors (Lipinski definition) is 2. The van der Waals surface area contributed by atoms with Crippen LogP contribution in [-0.2, 0) is 10.0 Å². The maximum atomic E-state index is 12.4. The lowest BCUT2D eigenvalue weighted by atomic mass is 10.1. The zero-order valence-corrected chi connectivity index (χ0v) is 15.1. The largest absolute Gasteiger partial charge is 0.495 e. The quantitative estimate of drug-likeness (QED) is 0.751. The number of carbonyl (C=O) groups excluding carboxylic acids is 1. The summed E-state index contributed by atoms with van der Waals surface area (Å²) in [6, 6.07) is 4.44. The van der Waals surface area contributed by atoms with E-state index in [1.165, 1.54) is 33.3 Å². The summed E-state index contributed by atoms with van der Waals surface area (Å²) in [6.07, 6.45) is 2.04. The number of ether oxygens (including phenoxy) is 1. The first-order valence-corrected chi connectivity index (χ1v) is 9.39. The molecule has 1 atom stereocenters. The van der Waals surface area contributed by atoms with Crippen molar-refractivity contribution in [2.75, 3.05) is 40.8 Å². The van der Waals surface area contributed by atoms with Gasteiger partial charge in [-0.2, -0.15) is 0 Å². The van der Waals surface area contributed by atoms with Crippen molar-refractivity contribution in [3.05, 3.63) is 23.8 Å². The molecule has 134 valence electrons. The van der Waals surface area contributed by atoms with E-state index in [2.05, 4.69) is 10.6 Å². The van der Waals surface area contributed by atoms with Crippen molar-refractivity contribution in [2.24, 2.45) is 5.92 Å². The average Bonchev–Trinajstić information content (AvgIpc) is 3.07. The van der Waals surface area contributed by atoms with Crippen LogP contribution in [0.5, 0.6) is 5.75 Å². The fraction of sp³-hybridized carbons (Fsp3) is 0.562. The van der Waals surface area contributed by atoms with Crippen molar-refractivity contribution in [2.45, 2.75) is 17.7 Å². The number of benzene rings is 1. The third-order valence-electron chi connectivity index (χ3n) is 4.18. The molecule has 1 fully saturated rings. The lowest BCUT2D eigenvalue weighted by Gasteiger charge is -2.15. The van der Waals surface area contributed by atoms with Gasteiger partial charge in [0.05, 0.1) is 7.11 Å². The molecule has 0 saturated carbocycles. The van der Waals surface area contributed by atoms with Gasteiger partial charge in [-0.25, -0.2) is 12.7 Å². The minimum atomic E-state index is -3.69. The van der Waals surface area contributed by atoms with E-state index in [0.717, 1.165) is 30.2 Å². The van der Waals surface area contributed by atoms with Gasteiger partial charge in [0.25, 0.3) is 5.91 Å². The first kappa shape index (κ1) is 18.7. The van der Waals surface area contributed by atoms with E-state index in [0.29, 0.717) is 18.0 Å². The Labute approximate surface area is 143 Å². The molecule has 1 unspecified atom stereocenters. The third kappa shape index (κ3) is 4.25. The molecule has 1 aliphatic rings. The van der Waals surface area contributed by atoms with Crippen molar-refractivity contribution < 1.29 is 17.9 Å². The summed E-state index contributed by atoms with van der Waals surface area (Å²) < 4.78 is 31.0. The summed E-state index contributed by atoms with van der Waals surface area (Å²) in [5.74, 6) is 0.530. The van der Waals surface area contributed by atoms with Gasteiger partial charge in [-0.15, -0.1) is 0 Å². The van der Waals surface area contributed by atoms with Crippen molar-refractivity contribution in [1.29, 1.82) is 0 Å². The van der Waals surface area contributed by atoms with Gasteiger partial charge in [0.1, 0.15) is 10.6 Å². The summed E-state index contributed by atoms with van der Waals surface area (Å²) in [4.78, 5) is 12.3. The van der Waals surface area contributed by atoms with Crippen molar-refractivity contribution in [3.63, 3.8) is 0 Å². The Balaban J connectivity index is 2.11. The van der Waals surface area contributed by atoms with Crippen molar-refractivity contribution in [3.8, 4) is 5.75 Å². The van der Waals surface area contributed by atoms with E-state index in [-0.39, 0.29) is 16.6 Å². The zero-order valence-electron chi connectivity index (χ0n) is 14.3. The van der Waals surface area contributed by atoms with Crippen LogP contribution in [0.3, 0.4) is 0 Å². The smallest absolute Gasteiger partial charge is 0.251 e. The van der Waals surface area contributed by atoms with Crippen LogP contribution >= 0.6 is 0 Å². The molecule has 2 rings (SSSR count). The first-order chi connectivity index (χ1) is 11.4. The highest BCUT2D eigenvalue weighted by Crippen LogP contribution is 2.26. The lowest BCUT2D eigenvalue weighted by Crippen LogP contribution is -2.27. The zero-order chi connectivity index (χ0) is 17.7. The van der Waals surface area contributed by atoms with E-state index >= 15 is 0 Å². The maximum Gasteiger partial charge on any atom is 0.251 e. The Morgan fingerprint density at radius 1 is 1.42 bits per heavy atom. The van der Waals surface area contributed by atoms with Crippen LogP contribution in [0.1, 0.15) is 23.2 Å². The second-order valence-corrected chi connectivity index (χ2v) is 8.18. The molecule has 1 saturated heterocycles. The van der Waals surface area contributed by atoms with Crippen LogP contribution in [0.25, 0.3) is 0 Å². The molecule has 1 aromatic carbocycles. The standard InChI is InChI=1S/C16H25N3O4S/c1-19(2)24(21,22)15-10-13(4-5-14(15)23-3)16(20)18-9-7-12-6-8-17-11-12/h4-5,10,12,17H,6-9,11H2,1-3H3,(H,18,20). The van der Waals surface area contributed by atoms with Crippen LogP contribution in [0.2, 0.25) is 0 Å². The summed E-state index contributed by atoms with van der Waals surface area (Å²) in [7, 11) is 0.596.